The van der Waals surface area contributed by atoms with Gasteiger partial charge in [0, 0.05) is 10.6 Å². The van der Waals surface area contributed by atoms with E-state index in [4.69, 9.17) is 0 Å². The maximum absolute atomic E-state index is 13.2. The summed E-state index contributed by atoms with van der Waals surface area (Å²) in [7, 11) is 0. The molecular formula is C16H14F3NS. The van der Waals surface area contributed by atoms with Gasteiger partial charge in [-0.1, -0.05) is 30.0 Å². The fourth-order valence-electron chi connectivity index (χ4n) is 2.71. The van der Waals surface area contributed by atoms with E-state index in [-0.39, 0.29) is 11.9 Å². The highest BCUT2D eigenvalue weighted by Gasteiger charge is 2.23. The Labute approximate surface area is 125 Å². The Hall–Kier alpha value is -1.62. The number of halogens is 3. The molecule has 0 bridgehead atoms. The van der Waals surface area contributed by atoms with E-state index in [0.717, 1.165) is 24.0 Å². The second-order valence-corrected chi connectivity index (χ2v) is 5.99. The van der Waals surface area contributed by atoms with Gasteiger partial charge in [-0.15, -0.1) is 0 Å². The lowest BCUT2D eigenvalue weighted by atomic mass is 10.1. The Balaban J connectivity index is 1.83. The number of thioether (sulfide) groups is 1. The van der Waals surface area contributed by atoms with E-state index in [1.807, 2.05) is 6.07 Å². The Morgan fingerprint density at radius 3 is 2.76 bits per heavy atom. The summed E-state index contributed by atoms with van der Waals surface area (Å²) in [6.07, 6.45) is 1.64. The first-order valence-corrected chi connectivity index (χ1v) is 7.60. The molecule has 1 aliphatic carbocycles. The first-order chi connectivity index (χ1) is 10.1. The van der Waals surface area contributed by atoms with Crippen LogP contribution in [-0.2, 0) is 6.42 Å². The molecule has 2 aromatic carbocycles. The van der Waals surface area contributed by atoms with Crippen molar-refractivity contribution in [2.24, 2.45) is 0 Å². The first-order valence-electron chi connectivity index (χ1n) is 6.72. The van der Waals surface area contributed by atoms with Crippen LogP contribution in [0.25, 0.3) is 0 Å². The van der Waals surface area contributed by atoms with E-state index in [0.29, 0.717) is 22.3 Å². The van der Waals surface area contributed by atoms with Crippen LogP contribution in [0.2, 0.25) is 0 Å². The molecule has 110 valence electrons. The predicted octanol–water partition coefficient (Wildman–Crippen LogP) is 5.24. The fraction of sp³-hybridized carbons (Fsp3) is 0.250. The molecule has 3 rings (SSSR count). The molecule has 0 saturated heterocycles. The minimum atomic E-state index is -2.45. The SMILES string of the molecule is Fc1ccc2c(c1)CCC2Nc1ccccc1SC(F)F. The lowest BCUT2D eigenvalue weighted by Gasteiger charge is -2.18. The van der Waals surface area contributed by atoms with Crippen LogP contribution in [0.1, 0.15) is 23.6 Å². The lowest BCUT2D eigenvalue weighted by molar-refractivity contribution is 0.252. The van der Waals surface area contributed by atoms with Crippen LogP contribution in [0.15, 0.2) is 47.4 Å². The maximum Gasteiger partial charge on any atom is 0.288 e. The highest BCUT2D eigenvalue weighted by molar-refractivity contribution is 7.99. The number of aryl methyl sites for hydroxylation is 1. The zero-order valence-electron chi connectivity index (χ0n) is 11.2. The highest BCUT2D eigenvalue weighted by Crippen LogP contribution is 2.38. The molecule has 1 N–H and O–H groups in total. The van der Waals surface area contributed by atoms with Gasteiger partial charge in [-0.25, -0.2) is 4.39 Å². The minimum Gasteiger partial charge on any atom is -0.377 e. The monoisotopic (exact) mass is 309 g/mol. The number of benzene rings is 2. The Kier molecular flexibility index (Phi) is 4.10. The number of hydrogen-bond acceptors (Lipinski definition) is 2. The number of rotatable bonds is 4. The number of hydrogen-bond donors (Lipinski definition) is 1. The van der Waals surface area contributed by atoms with Gasteiger partial charge in [-0.05, 0) is 48.2 Å². The van der Waals surface area contributed by atoms with Crippen molar-refractivity contribution in [1.82, 2.24) is 0 Å². The molecule has 0 radical (unpaired) electrons. The summed E-state index contributed by atoms with van der Waals surface area (Å²) in [6, 6.07) is 11.9. The van der Waals surface area contributed by atoms with Crippen LogP contribution in [0.5, 0.6) is 0 Å². The second-order valence-electron chi connectivity index (χ2n) is 4.95. The summed E-state index contributed by atoms with van der Waals surface area (Å²) in [5, 5.41) is 3.31. The number of alkyl halides is 2. The van der Waals surface area contributed by atoms with Crippen molar-refractivity contribution in [3.8, 4) is 0 Å². The van der Waals surface area contributed by atoms with Gasteiger partial charge >= 0.3 is 0 Å². The van der Waals surface area contributed by atoms with Crippen LogP contribution >= 0.6 is 11.8 Å². The average molecular weight is 309 g/mol. The van der Waals surface area contributed by atoms with Crippen molar-refractivity contribution < 1.29 is 13.2 Å². The number of nitrogens with one attached hydrogen (secondary N) is 1. The first kappa shape index (κ1) is 14.3. The third-order valence-electron chi connectivity index (χ3n) is 3.62. The summed E-state index contributed by atoms with van der Waals surface area (Å²) < 4.78 is 38.4. The van der Waals surface area contributed by atoms with Crippen LogP contribution in [0.4, 0.5) is 18.9 Å². The highest BCUT2D eigenvalue weighted by atomic mass is 32.2. The second kappa shape index (κ2) is 6.02. The summed E-state index contributed by atoms with van der Waals surface area (Å²) in [5.41, 5.74) is 2.74. The summed E-state index contributed by atoms with van der Waals surface area (Å²) in [5.74, 6) is -2.68. The minimum absolute atomic E-state index is 0.0417. The van der Waals surface area contributed by atoms with Gasteiger partial charge in [0.25, 0.3) is 5.76 Å². The molecule has 1 nitrogen and oxygen atoms in total. The smallest absolute Gasteiger partial charge is 0.288 e. The van der Waals surface area contributed by atoms with Crippen LogP contribution in [-0.4, -0.2) is 5.76 Å². The third-order valence-corrected chi connectivity index (χ3v) is 4.40. The van der Waals surface area contributed by atoms with Crippen LogP contribution in [0.3, 0.4) is 0 Å². The van der Waals surface area contributed by atoms with Gasteiger partial charge in [-0.2, -0.15) is 8.78 Å². The number of anilines is 1. The molecule has 0 aromatic heterocycles. The van der Waals surface area contributed by atoms with E-state index in [1.165, 1.54) is 6.07 Å². The van der Waals surface area contributed by atoms with E-state index in [9.17, 15) is 13.2 Å². The van der Waals surface area contributed by atoms with Crippen molar-refractivity contribution in [2.75, 3.05) is 5.32 Å². The van der Waals surface area contributed by atoms with E-state index >= 15 is 0 Å². The maximum atomic E-state index is 13.2. The van der Waals surface area contributed by atoms with Gasteiger partial charge in [-0.3, -0.25) is 0 Å². The molecule has 1 atom stereocenters. The summed E-state index contributed by atoms with van der Waals surface area (Å²) in [6.45, 7) is 0. The van der Waals surface area contributed by atoms with E-state index < -0.39 is 5.76 Å². The molecular weight excluding hydrogens is 295 g/mol. The van der Waals surface area contributed by atoms with Gasteiger partial charge in [0.1, 0.15) is 5.82 Å². The molecule has 0 fully saturated rings. The normalized spacial score (nSPS) is 17.0. The van der Waals surface area contributed by atoms with E-state index in [1.54, 1.807) is 30.3 Å². The topological polar surface area (TPSA) is 12.0 Å². The fourth-order valence-corrected chi connectivity index (χ4v) is 3.31. The lowest BCUT2D eigenvalue weighted by Crippen LogP contribution is -2.08. The third kappa shape index (κ3) is 3.18. The van der Waals surface area contributed by atoms with Gasteiger partial charge in [0.2, 0.25) is 0 Å². The van der Waals surface area contributed by atoms with Crippen LogP contribution < -0.4 is 5.32 Å². The zero-order valence-corrected chi connectivity index (χ0v) is 12.0. The zero-order chi connectivity index (χ0) is 14.8. The quantitative estimate of drug-likeness (QED) is 0.775. The summed E-state index contributed by atoms with van der Waals surface area (Å²) >= 11 is 0.536. The van der Waals surface area contributed by atoms with Crippen molar-refractivity contribution in [1.29, 1.82) is 0 Å². The van der Waals surface area contributed by atoms with E-state index in [2.05, 4.69) is 5.32 Å². The standard InChI is InChI=1S/C16H14F3NS/c17-11-6-7-12-10(9-11)5-8-13(12)20-14-3-1-2-4-15(14)21-16(18)19/h1-4,6-7,9,13,16,20H,5,8H2. The number of para-hydroxylation sites is 1. The largest absolute Gasteiger partial charge is 0.377 e. The molecule has 1 aliphatic rings. The average Bonchev–Trinajstić information content (AvgIpc) is 2.83. The molecule has 5 heteroatoms. The van der Waals surface area contributed by atoms with Crippen molar-refractivity contribution in [2.45, 2.75) is 29.5 Å². The molecule has 0 heterocycles. The predicted molar refractivity (Wildman–Crippen MR) is 79.4 cm³/mol. The molecule has 0 spiro atoms. The molecule has 0 saturated carbocycles. The Morgan fingerprint density at radius 2 is 1.95 bits per heavy atom. The molecule has 2 aromatic rings. The number of fused-ring (bicyclic) bond motifs is 1. The Morgan fingerprint density at radius 1 is 1.14 bits per heavy atom. The molecule has 21 heavy (non-hydrogen) atoms. The Bertz CT molecular complexity index is 645. The molecule has 0 amide bonds. The van der Waals surface area contributed by atoms with Gasteiger partial charge in [0.05, 0.1) is 6.04 Å². The summed E-state index contributed by atoms with van der Waals surface area (Å²) in [4.78, 5) is 0.531. The molecule has 0 aliphatic heterocycles. The van der Waals surface area contributed by atoms with Crippen molar-refractivity contribution in [3.63, 3.8) is 0 Å². The van der Waals surface area contributed by atoms with Crippen LogP contribution in [0, 0.1) is 5.82 Å². The van der Waals surface area contributed by atoms with Crippen molar-refractivity contribution in [3.05, 3.63) is 59.4 Å². The van der Waals surface area contributed by atoms with Gasteiger partial charge in [0.15, 0.2) is 0 Å². The molecule has 1 unspecified atom stereocenters. The van der Waals surface area contributed by atoms with Gasteiger partial charge < -0.3 is 5.32 Å². The van der Waals surface area contributed by atoms with Crippen molar-refractivity contribution >= 4 is 17.4 Å².